The number of hydrogen-bond acceptors (Lipinski definition) is 4. The molecule has 2 N–H and O–H groups in total. The number of guanidine groups is 1. The molecule has 0 unspecified atom stereocenters. The maximum atomic E-state index is 5.56. The highest BCUT2D eigenvalue weighted by Crippen LogP contribution is 2.14. The monoisotopic (exact) mass is 333 g/mol. The van der Waals surface area contributed by atoms with Crippen LogP contribution in [0.15, 0.2) is 38.3 Å². The van der Waals surface area contributed by atoms with E-state index in [1.54, 1.807) is 6.26 Å². The first-order valence-corrected chi connectivity index (χ1v) is 8.37. The standard InChI is InChI=1S/C18H27N3O3/c1-4-19-18(21-12-16-11-14(2)24-15(16)3)20-8-6-9-22-13-17-7-5-10-23-17/h5,7,10-11H,4,6,8-9,12-13H2,1-3H3,(H2,19,20,21). The largest absolute Gasteiger partial charge is 0.467 e. The van der Waals surface area contributed by atoms with Crippen molar-refractivity contribution in [3.05, 3.63) is 47.3 Å². The summed E-state index contributed by atoms with van der Waals surface area (Å²) >= 11 is 0. The zero-order chi connectivity index (χ0) is 17.2. The number of furan rings is 2. The average molecular weight is 333 g/mol. The molecule has 2 rings (SSSR count). The summed E-state index contributed by atoms with van der Waals surface area (Å²) in [7, 11) is 0. The third kappa shape index (κ3) is 6.12. The molecule has 0 amide bonds. The molecule has 0 aliphatic carbocycles. The van der Waals surface area contributed by atoms with E-state index in [0.29, 0.717) is 19.8 Å². The minimum absolute atomic E-state index is 0.514. The Bertz CT molecular complexity index is 617. The van der Waals surface area contributed by atoms with Gasteiger partial charge in [-0.25, -0.2) is 4.99 Å². The number of hydrogen-bond donors (Lipinski definition) is 2. The fourth-order valence-electron chi connectivity index (χ4n) is 2.29. The Balaban J connectivity index is 1.68. The second-order valence-electron chi connectivity index (χ2n) is 5.55. The van der Waals surface area contributed by atoms with Crippen molar-refractivity contribution in [2.24, 2.45) is 4.99 Å². The molecule has 2 heterocycles. The highest BCUT2D eigenvalue weighted by atomic mass is 16.5. The first kappa shape index (κ1) is 18.1. The normalized spacial score (nSPS) is 11.7. The van der Waals surface area contributed by atoms with Gasteiger partial charge in [-0.05, 0) is 45.4 Å². The summed E-state index contributed by atoms with van der Waals surface area (Å²) in [6, 6.07) is 5.81. The molecule has 0 aliphatic heterocycles. The lowest BCUT2D eigenvalue weighted by molar-refractivity contribution is 0.105. The summed E-state index contributed by atoms with van der Waals surface area (Å²) in [4.78, 5) is 4.59. The lowest BCUT2D eigenvalue weighted by Gasteiger charge is -2.11. The number of rotatable bonds is 9. The van der Waals surface area contributed by atoms with Crippen molar-refractivity contribution < 1.29 is 13.6 Å². The number of nitrogens with one attached hydrogen (secondary N) is 2. The Labute approximate surface area is 143 Å². The molecule has 2 aromatic rings. The summed E-state index contributed by atoms with van der Waals surface area (Å²) in [5.41, 5.74) is 1.12. The summed E-state index contributed by atoms with van der Waals surface area (Å²) in [6.07, 6.45) is 2.55. The molecule has 0 aliphatic rings. The smallest absolute Gasteiger partial charge is 0.191 e. The van der Waals surface area contributed by atoms with Gasteiger partial charge < -0.3 is 24.2 Å². The fraction of sp³-hybridized carbons (Fsp3) is 0.500. The zero-order valence-electron chi connectivity index (χ0n) is 14.7. The molecule has 0 atom stereocenters. The quantitative estimate of drug-likeness (QED) is 0.419. The molecule has 0 radical (unpaired) electrons. The molecule has 132 valence electrons. The van der Waals surface area contributed by atoms with Crippen LogP contribution in [0.1, 0.15) is 36.2 Å². The Morgan fingerprint density at radius 2 is 2.17 bits per heavy atom. The SMILES string of the molecule is CCNC(=NCc1cc(C)oc1C)NCCCOCc1ccco1. The number of aliphatic imine (C=N–C) groups is 1. The van der Waals surface area contributed by atoms with Crippen molar-refractivity contribution >= 4 is 5.96 Å². The van der Waals surface area contributed by atoms with E-state index in [2.05, 4.69) is 22.5 Å². The average Bonchev–Trinajstić information content (AvgIpc) is 3.17. The number of aryl methyl sites for hydroxylation is 2. The van der Waals surface area contributed by atoms with Gasteiger partial charge in [-0.2, -0.15) is 0 Å². The van der Waals surface area contributed by atoms with Crippen molar-refractivity contribution in [2.75, 3.05) is 19.7 Å². The van der Waals surface area contributed by atoms with Crippen LogP contribution in [0.3, 0.4) is 0 Å². The first-order valence-electron chi connectivity index (χ1n) is 8.37. The van der Waals surface area contributed by atoms with Crippen LogP contribution < -0.4 is 10.6 Å². The van der Waals surface area contributed by atoms with E-state index in [4.69, 9.17) is 13.6 Å². The van der Waals surface area contributed by atoms with Crippen LogP contribution in [-0.2, 0) is 17.9 Å². The van der Waals surface area contributed by atoms with Crippen LogP contribution in [0, 0.1) is 13.8 Å². The Morgan fingerprint density at radius 3 is 2.83 bits per heavy atom. The molecule has 2 aromatic heterocycles. The summed E-state index contributed by atoms with van der Waals surface area (Å²) in [5.74, 6) is 3.51. The predicted molar refractivity (Wildman–Crippen MR) is 94.0 cm³/mol. The molecular formula is C18H27N3O3. The molecule has 6 heteroatoms. The fourth-order valence-corrected chi connectivity index (χ4v) is 2.29. The number of ether oxygens (including phenoxy) is 1. The molecule has 0 saturated heterocycles. The van der Waals surface area contributed by atoms with E-state index in [0.717, 1.165) is 48.3 Å². The van der Waals surface area contributed by atoms with Crippen LogP contribution in [0.5, 0.6) is 0 Å². The second-order valence-corrected chi connectivity index (χ2v) is 5.55. The van der Waals surface area contributed by atoms with Crippen LogP contribution in [0.2, 0.25) is 0 Å². The van der Waals surface area contributed by atoms with E-state index >= 15 is 0 Å². The minimum atomic E-state index is 0.514. The van der Waals surface area contributed by atoms with E-state index in [1.807, 2.05) is 32.0 Å². The molecule has 0 spiro atoms. The van der Waals surface area contributed by atoms with Crippen LogP contribution in [0.25, 0.3) is 0 Å². The third-order valence-corrected chi connectivity index (χ3v) is 3.48. The van der Waals surface area contributed by atoms with E-state index in [-0.39, 0.29) is 0 Å². The second kappa shape index (κ2) is 9.82. The van der Waals surface area contributed by atoms with Crippen LogP contribution >= 0.6 is 0 Å². The molecule has 24 heavy (non-hydrogen) atoms. The van der Waals surface area contributed by atoms with Gasteiger partial charge in [0.05, 0.1) is 12.8 Å². The highest BCUT2D eigenvalue weighted by Gasteiger charge is 2.04. The summed E-state index contributed by atoms with van der Waals surface area (Å²) in [6.45, 7) is 9.39. The maximum Gasteiger partial charge on any atom is 0.191 e. The zero-order valence-corrected chi connectivity index (χ0v) is 14.7. The molecule has 0 aromatic carbocycles. The van der Waals surface area contributed by atoms with Crippen molar-refractivity contribution in [3.63, 3.8) is 0 Å². The summed E-state index contributed by atoms with van der Waals surface area (Å²) in [5, 5.41) is 6.56. The Hall–Kier alpha value is -2.21. The minimum Gasteiger partial charge on any atom is -0.467 e. The van der Waals surface area contributed by atoms with Crippen molar-refractivity contribution in [1.82, 2.24) is 10.6 Å². The van der Waals surface area contributed by atoms with Crippen molar-refractivity contribution in [3.8, 4) is 0 Å². The van der Waals surface area contributed by atoms with Gasteiger partial charge in [0.15, 0.2) is 5.96 Å². The van der Waals surface area contributed by atoms with Gasteiger partial charge in [-0.15, -0.1) is 0 Å². The lowest BCUT2D eigenvalue weighted by Crippen LogP contribution is -2.38. The molecule has 0 saturated carbocycles. The van der Waals surface area contributed by atoms with Crippen LogP contribution in [-0.4, -0.2) is 25.7 Å². The topological polar surface area (TPSA) is 71.9 Å². The maximum absolute atomic E-state index is 5.56. The van der Waals surface area contributed by atoms with Gasteiger partial charge in [0, 0.05) is 25.3 Å². The Kier molecular flexibility index (Phi) is 7.42. The van der Waals surface area contributed by atoms with Gasteiger partial charge in [0.1, 0.15) is 23.9 Å². The van der Waals surface area contributed by atoms with Gasteiger partial charge >= 0.3 is 0 Å². The Morgan fingerprint density at radius 1 is 1.29 bits per heavy atom. The molecule has 0 fully saturated rings. The summed E-state index contributed by atoms with van der Waals surface area (Å²) < 4.78 is 16.3. The third-order valence-electron chi connectivity index (χ3n) is 3.48. The van der Waals surface area contributed by atoms with Crippen molar-refractivity contribution in [1.29, 1.82) is 0 Å². The first-order chi connectivity index (χ1) is 11.7. The van der Waals surface area contributed by atoms with Gasteiger partial charge in [0.25, 0.3) is 0 Å². The van der Waals surface area contributed by atoms with Gasteiger partial charge in [-0.3, -0.25) is 0 Å². The highest BCUT2D eigenvalue weighted by molar-refractivity contribution is 5.79. The number of nitrogens with zero attached hydrogens (tertiary/aromatic N) is 1. The van der Waals surface area contributed by atoms with E-state index in [9.17, 15) is 0 Å². The van der Waals surface area contributed by atoms with Crippen molar-refractivity contribution in [2.45, 2.75) is 40.3 Å². The van der Waals surface area contributed by atoms with E-state index in [1.165, 1.54) is 0 Å². The van der Waals surface area contributed by atoms with Crippen LogP contribution in [0.4, 0.5) is 0 Å². The van der Waals surface area contributed by atoms with E-state index < -0.39 is 0 Å². The molecule has 0 bridgehead atoms. The molecule has 6 nitrogen and oxygen atoms in total. The molecular weight excluding hydrogens is 306 g/mol. The van der Waals surface area contributed by atoms with Gasteiger partial charge in [-0.1, -0.05) is 0 Å². The lowest BCUT2D eigenvalue weighted by atomic mass is 10.2. The van der Waals surface area contributed by atoms with Gasteiger partial charge in [0.2, 0.25) is 0 Å². The predicted octanol–water partition coefficient (Wildman–Crippen LogP) is 3.15.